The summed E-state index contributed by atoms with van der Waals surface area (Å²) in [4.78, 5) is 4.92. The Morgan fingerprint density at radius 3 is 2.50 bits per heavy atom. The van der Waals surface area contributed by atoms with Gasteiger partial charge in [0.25, 0.3) is 0 Å². The van der Waals surface area contributed by atoms with Crippen molar-refractivity contribution in [2.75, 3.05) is 0 Å². The Morgan fingerprint density at radius 2 is 1.50 bits per heavy atom. The molecule has 22 heavy (non-hydrogen) atoms. The topological polar surface area (TPSA) is 12.9 Å². The van der Waals surface area contributed by atoms with Gasteiger partial charge in [-0.05, 0) is 34.0 Å². The first-order valence-electron chi connectivity index (χ1n) is 7.50. The molecule has 0 bridgehead atoms. The molecule has 0 unspecified atom stereocenters. The third-order valence-electron chi connectivity index (χ3n) is 4.40. The highest BCUT2D eigenvalue weighted by Crippen LogP contribution is 2.35. The van der Waals surface area contributed by atoms with Gasteiger partial charge in [-0.1, -0.05) is 66.7 Å². The molecule has 1 heteroatoms. The van der Waals surface area contributed by atoms with E-state index in [2.05, 4.69) is 78.9 Å². The molecular weight excluding hydrogens is 266 g/mol. The summed E-state index contributed by atoms with van der Waals surface area (Å²) in [5.74, 6) is 0. The molecule has 0 amide bonds. The zero-order valence-corrected chi connectivity index (χ0v) is 12.0. The Hall–Kier alpha value is -2.93. The normalized spacial score (nSPS) is 12.4. The van der Waals surface area contributed by atoms with Gasteiger partial charge in [0.15, 0.2) is 0 Å². The number of aromatic nitrogens is 1. The van der Waals surface area contributed by atoms with Gasteiger partial charge in [-0.3, -0.25) is 0 Å². The van der Waals surface area contributed by atoms with Crippen LogP contribution in [0.5, 0.6) is 0 Å². The van der Waals surface area contributed by atoms with Crippen LogP contribution < -0.4 is 0 Å². The highest BCUT2D eigenvalue weighted by molar-refractivity contribution is 6.05. The predicted molar refractivity (Wildman–Crippen MR) is 93.6 cm³/mol. The Bertz CT molecular complexity index is 1070. The summed E-state index contributed by atoms with van der Waals surface area (Å²) >= 11 is 0. The van der Waals surface area contributed by atoms with Gasteiger partial charge in [0, 0.05) is 10.9 Å². The Kier molecular flexibility index (Phi) is 2.28. The van der Waals surface area contributed by atoms with E-state index in [0.717, 1.165) is 11.2 Å². The third-order valence-corrected chi connectivity index (χ3v) is 4.40. The Labute approximate surface area is 128 Å². The zero-order chi connectivity index (χ0) is 14.5. The van der Waals surface area contributed by atoms with Crippen molar-refractivity contribution in [3.8, 4) is 11.3 Å². The first-order valence-corrected chi connectivity index (χ1v) is 7.50. The van der Waals surface area contributed by atoms with Crippen molar-refractivity contribution >= 4 is 33.8 Å². The fourth-order valence-corrected chi connectivity index (χ4v) is 3.38. The first kappa shape index (κ1) is 11.7. The van der Waals surface area contributed by atoms with Crippen LogP contribution in [0.2, 0.25) is 0 Å². The number of benzene rings is 3. The van der Waals surface area contributed by atoms with E-state index in [0.29, 0.717) is 0 Å². The molecule has 1 aromatic heterocycles. The summed E-state index contributed by atoms with van der Waals surface area (Å²) in [6.45, 7) is 0. The number of rotatable bonds is 1. The van der Waals surface area contributed by atoms with Crippen molar-refractivity contribution < 1.29 is 0 Å². The number of nitrogens with zero attached hydrogens (tertiary/aromatic N) is 1. The van der Waals surface area contributed by atoms with Gasteiger partial charge < -0.3 is 0 Å². The SMILES string of the molecule is C1=Cc2cc(-c3cccc4ccccc34)nc3cccc1c23. The molecule has 0 aliphatic heterocycles. The molecule has 0 radical (unpaired) electrons. The highest BCUT2D eigenvalue weighted by atomic mass is 14.7. The van der Waals surface area contributed by atoms with Crippen molar-refractivity contribution in [3.05, 3.63) is 77.9 Å². The van der Waals surface area contributed by atoms with E-state index in [1.807, 2.05) is 0 Å². The van der Waals surface area contributed by atoms with Crippen LogP contribution in [0.25, 0.3) is 45.1 Å². The highest BCUT2D eigenvalue weighted by Gasteiger charge is 2.13. The lowest BCUT2D eigenvalue weighted by molar-refractivity contribution is 1.40. The van der Waals surface area contributed by atoms with Crippen LogP contribution in [0.15, 0.2) is 66.7 Å². The van der Waals surface area contributed by atoms with Gasteiger partial charge >= 0.3 is 0 Å². The summed E-state index contributed by atoms with van der Waals surface area (Å²) in [7, 11) is 0. The fourth-order valence-electron chi connectivity index (χ4n) is 3.38. The zero-order valence-electron chi connectivity index (χ0n) is 12.0. The molecule has 1 aliphatic carbocycles. The second-order valence-corrected chi connectivity index (χ2v) is 5.70. The molecule has 0 saturated heterocycles. The number of pyridine rings is 1. The van der Waals surface area contributed by atoms with Crippen molar-refractivity contribution in [1.82, 2.24) is 4.98 Å². The van der Waals surface area contributed by atoms with Gasteiger partial charge in [-0.25, -0.2) is 4.98 Å². The van der Waals surface area contributed by atoms with Gasteiger partial charge in [0.2, 0.25) is 0 Å². The molecule has 0 atom stereocenters. The van der Waals surface area contributed by atoms with E-state index in [4.69, 9.17) is 4.98 Å². The lowest BCUT2D eigenvalue weighted by Crippen LogP contribution is -1.89. The first-order chi connectivity index (χ1) is 10.9. The van der Waals surface area contributed by atoms with Crippen molar-refractivity contribution in [1.29, 1.82) is 0 Å². The molecule has 1 heterocycles. The van der Waals surface area contributed by atoms with Gasteiger partial charge in [-0.15, -0.1) is 0 Å². The molecule has 0 fully saturated rings. The van der Waals surface area contributed by atoms with Crippen molar-refractivity contribution in [2.45, 2.75) is 0 Å². The maximum atomic E-state index is 4.92. The van der Waals surface area contributed by atoms with Crippen LogP contribution in [-0.4, -0.2) is 4.98 Å². The lowest BCUT2D eigenvalue weighted by Gasteiger charge is -2.09. The van der Waals surface area contributed by atoms with Crippen LogP contribution in [0.3, 0.4) is 0 Å². The molecule has 5 rings (SSSR count). The average molecular weight is 279 g/mol. The smallest absolute Gasteiger partial charge is 0.0721 e. The van der Waals surface area contributed by atoms with Crippen molar-refractivity contribution in [2.24, 2.45) is 0 Å². The summed E-state index contributed by atoms with van der Waals surface area (Å²) in [6.07, 6.45) is 4.36. The average Bonchev–Trinajstić information content (AvgIpc) is 2.99. The minimum atomic E-state index is 1.04. The maximum Gasteiger partial charge on any atom is 0.0721 e. The Balaban J connectivity index is 1.87. The van der Waals surface area contributed by atoms with E-state index in [9.17, 15) is 0 Å². The van der Waals surface area contributed by atoms with Crippen LogP contribution in [0, 0.1) is 0 Å². The van der Waals surface area contributed by atoms with E-state index in [1.54, 1.807) is 0 Å². The molecule has 1 nitrogen and oxygen atoms in total. The van der Waals surface area contributed by atoms with E-state index in [-0.39, 0.29) is 0 Å². The van der Waals surface area contributed by atoms with Gasteiger partial charge in [0.05, 0.1) is 11.2 Å². The summed E-state index contributed by atoms with van der Waals surface area (Å²) < 4.78 is 0. The number of fused-ring (bicyclic) bond motifs is 1. The molecule has 0 saturated carbocycles. The second-order valence-electron chi connectivity index (χ2n) is 5.70. The van der Waals surface area contributed by atoms with E-state index in [1.165, 1.54) is 32.8 Å². The second kappa shape index (κ2) is 4.28. The summed E-state index contributed by atoms with van der Waals surface area (Å²) in [5.41, 5.74) is 5.85. The molecular formula is C21H13N. The van der Waals surface area contributed by atoms with Crippen LogP contribution >= 0.6 is 0 Å². The van der Waals surface area contributed by atoms with Crippen LogP contribution in [-0.2, 0) is 0 Å². The van der Waals surface area contributed by atoms with Crippen molar-refractivity contribution in [3.63, 3.8) is 0 Å². The molecule has 102 valence electrons. The Morgan fingerprint density at radius 1 is 0.682 bits per heavy atom. The third kappa shape index (κ3) is 1.57. The van der Waals surface area contributed by atoms with E-state index < -0.39 is 0 Å². The predicted octanol–water partition coefficient (Wildman–Crippen LogP) is 5.54. The number of hydrogen-bond donors (Lipinski definition) is 0. The molecule has 0 N–H and O–H groups in total. The molecule has 3 aromatic carbocycles. The lowest BCUT2D eigenvalue weighted by atomic mass is 9.99. The van der Waals surface area contributed by atoms with Gasteiger partial charge in [0.1, 0.15) is 0 Å². The van der Waals surface area contributed by atoms with Crippen LogP contribution in [0.4, 0.5) is 0 Å². The minimum Gasteiger partial charge on any atom is -0.248 e. The minimum absolute atomic E-state index is 1.04. The number of hydrogen-bond acceptors (Lipinski definition) is 1. The van der Waals surface area contributed by atoms with E-state index >= 15 is 0 Å². The van der Waals surface area contributed by atoms with Gasteiger partial charge in [-0.2, -0.15) is 0 Å². The molecule has 4 aromatic rings. The fraction of sp³-hybridized carbons (Fsp3) is 0. The molecule has 0 spiro atoms. The summed E-state index contributed by atoms with van der Waals surface area (Å²) in [5, 5.41) is 3.77. The van der Waals surface area contributed by atoms with Crippen LogP contribution in [0.1, 0.15) is 11.1 Å². The summed E-state index contributed by atoms with van der Waals surface area (Å²) in [6, 6.07) is 23.4. The largest absolute Gasteiger partial charge is 0.248 e. The molecule has 1 aliphatic rings. The monoisotopic (exact) mass is 279 g/mol. The maximum absolute atomic E-state index is 4.92. The standard InChI is InChI=1S/C21H13N/c1-2-8-17-14(5-1)6-3-9-18(17)20-13-16-12-11-15-7-4-10-19(22-20)21(15)16/h1-13H. The quantitative estimate of drug-likeness (QED) is 0.392.